The SMILES string of the molecule is c1ccc2cc(-c3c4ccccc4c(-c4ccc(-c5cccc6ccc7ccccc7c56)c5ccccc45)c4ccccc34)ccc2c1. The first kappa shape index (κ1) is 26.9. The highest BCUT2D eigenvalue weighted by Crippen LogP contribution is 2.47. The van der Waals surface area contributed by atoms with Crippen molar-refractivity contribution in [1.82, 2.24) is 0 Å². The van der Waals surface area contributed by atoms with Gasteiger partial charge in [0.05, 0.1) is 0 Å². The van der Waals surface area contributed by atoms with Gasteiger partial charge in [0.1, 0.15) is 0 Å². The molecule has 0 aromatic heterocycles. The Balaban J connectivity index is 1.28. The van der Waals surface area contributed by atoms with Crippen LogP contribution in [-0.2, 0) is 0 Å². The molecule has 0 N–H and O–H groups in total. The van der Waals surface area contributed by atoms with Crippen LogP contribution in [0.5, 0.6) is 0 Å². The van der Waals surface area contributed by atoms with E-state index < -0.39 is 0 Å². The first-order valence-electron chi connectivity index (χ1n) is 16.7. The fourth-order valence-corrected chi connectivity index (χ4v) is 8.11. The molecule has 0 bridgehead atoms. The second-order valence-electron chi connectivity index (χ2n) is 12.8. The van der Waals surface area contributed by atoms with Gasteiger partial charge in [0.2, 0.25) is 0 Å². The number of hydrogen-bond donors (Lipinski definition) is 0. The van der Waals surface area contributed by atoms with Gasteiger partial charge in [0, 0.05) is 0 Å². The molecule has 0 spiro atoms. The second-order valence-corrected chi connectivity index (χ2v) is 12.8. The zero-order valence-corrected chi connectivity index (χ0v) is 26.3. The van der Waals surface area contributed by atoms with Crippen molar-refractivity contribution in [2.75, 3.05) is 0 Å². The molecule has 0 atom stereocenters. The van der Waals surface area contributed by atoms with E-state index >= 15 is 0 Å². The van der Waals surface area contributed by atoms with E-state index in [0.29, 0.717) is 0 Å². The van der Waals surface area contributed by atoms with Gasteiger partial charge in [-0.1, -0.05) is 176 Å². The fraction of sp³-hybridized carbons (Fsp3) is 0. The average Bonchev–Trinajstić information content (AvgIpc) is 3.16. The third-order valence-electron chi connectivity index (χ3n) is 10.2. The monoisotopic (exact) mass is 606 g/mol. The van der Waals surface area contributed by atoms with Crippen LogP contribution >= 0.6 is 0 Å². The molecular weight excluding hydrogens is 577 g/mol. The van der Waals surface area contributed by atoms with Gasteiger partial charge in [-0.15, -0.1) is 0 Å². The summed E-state index contributed by atoms with van der Waals surface area (Å²) in [6.07, 6.45) is 0. The van der Waals surface area contributed by atoms with Crippen molar-refractivity contribution in [3.63, 3.8) is 0 Å². The van der Waals surface area contributed by atoms with Crippen molar-refractivity contribution in [3.8, 4) is 33.4 Å². The third-order valence-corrected chi connectivity index (χ3v) is 10.2. The van der Waals surface area contributed by atoms with Crippen LogP contribution in [0.15, 0.2) is 182 Å². The Bertz CT molecular complexity index is 2830. The van der Waals surface area contributed by atoms with Gasteiger partial charge in [-0.05, 0) is 104 Å². The summed E-state index contributed by atoms with van der Waals surface area (Å²) in [5, 5.41) is 15.3. The van der Waals surface area contributed by atoms with Crippen molar-refractivity contribution < 1.29 is 0 Å². The summed E-state index contributed by atoms with van der Waals surface area (Å²) >= 11 is 0. The quantitative estimate of drug-likeness (QED) is 0.139. The fourth-order valence-electron chi connectivity index (χ4n) is 8.11. The van der Waals surface area contributed by atoms with E-state index in [-0.39, 0.29) is 0 Å². The minimum Gasteiger partial charge on any atom is -0.0616 e. The summed E-state index contributed by atoms with van der Waals surface area (Å²) in [5.41, 5.74) is 7.62. The molecule has 0 unspecified atom stereocenters. The summed E-state index contributed by atoms with van der Waals surface area (Å²) in [5.74, 6) is 0. The highest BCUT2D eigenvalue weighted by atomic mass is 14.2. The van der Waals surface area contributed by atoms with Crippen molar-refractivity contribution >= 4 is 64.6 Å². The van der Waals surface area contributed by atoms with Gasteiger partial charge in [-0.25, -0.2) is 0 Å². The minimum atomic E-state index is 1.25. The van der Waals surface area contributed by atoms with Gasteiger partial charge in [-0.2, -0.15) is 0 Å². The Kier molecular flexibility index (Phi) is 5.98. The van der Waals surface area contributed by atoms with E-state index in [1.165, 1.54) is 98.0 Å². The number of fused-ring (bicyclic) bond motifs is 7. The Labute approximate surface area is 279 Å². The second kappa shape index (κ2) is 10.7. The molecule has 0 saturated carbocycles. The van der Waals surface area contributed by atoms with Crippen molar-refractivity contribution in [1.29, 1.82) is 0 Å². The maximum Gasteiger partial charge on any atom is -0.00201 e. The van der Waals surface area contributed by atoms with Crippen LogP contribution < -0.4 is 0 Å². The van der Waals surface area contributed by atoms with Crippen LogP contribution in [0.1, 0.15) is 0 Å². The third kappa shape index (κ3) is 4.03. The molecule has 0 heteroatoms. The molecule has 10 rings (SSSR count). The van der Waals surface area contributed by atoms with Crippen LogP contribution in [0, 0.1) is 0 Å². The number of rotatable bonds is 3. The van der Waals surface area contributed by atoms with E-state index in [4.69, 9.17) is 0 Å². The lowest BCUT2D eigenvalue weighted by Crippen LogP contribution is -1.93. The molecule has 0 saturated heterocycles. The summed E-state index contributed by atoms with van der Waals surface area (Å²) in [6, 6.07) is 67.1. The molecule has 0 heterocycles. The lowest BCUT2D eigenvalue weighted by molar-refractivity contribution is 1.67. The molecule has 0 radical (unpaired) electrons. The van der Waals surface area contributed by atoms with Gasteiger partial charge < -0.3 is 0 Å². The molecule has 0 fully saturated rings. The molecular formula is C48H30. The molecule has 222 valence electrons. The molecule has 10 aromatic rings. The summed E-state index contributed by atoms with van der Waals surface area (Å²) in [7, 11) is 0. The van der Waals surface area contributed by atoms with E-state index in [1.54, 1.807) is 0 Å². The first-order valence-corrected chi connectivity index (χ1v) is 16.7. The largest absolute Gasteiger partial charge is 0.0616 e. The molecule has 0 aliphatic heterocycles. The topological polar surface area (TPSA) is 0 Å². The van der Waals surface area contributed by atoms with E-state index in [1.807, 2.05) is 0 Å². The molecule has 0 nitrogen and oxygen atoms in total. The minimum absolute atomic E-state index is 1.25. The van der Waals surface area contributed by atoms with Gasteiger partial charge in [0.25, 0.3) is 0 Å². The Morgan fingerprint density at radius 1 is 0.229 bits per heavy atom. The predicted molar refractivity (Wildman–Crippen MR) is 208 cm³/mol. The van der Waals surface area contributed by atoms with Crippen molar-refractivity contribution in [2.45, 2.75) is 0 Å². The van der Waals surface area contributed by atoms with E-state index in [2.05, 4.69) is 182 Å². The van der Waals surface area contributed by atoms with E-state index in [0.717, 1.165) is 0 Å². The first-order chi connectivity index (χ1) is 23.8. The van der Waals surface area contributed by atoms with Crippen LogP contribution in [0.4, 0.5) is 0 Å². The number of hydrogen-bond acceptors (Lipinski definition) is 0. The molecule has 0 aliphatic carbocycles. The zero-order valence-electron chi connectivity index (χ0n) is 26.3. The molecule has 48 heavy (non-hydrogen) atoms. The van der Waals surface area contributed by atoms with Crippen LogP contribution in [-0.4, -0.2) is 0 Å². The lowest BCUT2D eigenvalue weighted by Gasteiger charge is -2.20. The predicted octanol–water partition coefficient (Wildman–Crippen LogP) is 13.6. The maximum absolute atomic E-state index is 2.37. The zero-order chi connectivity index (χ0) is 31.6. The van der Waals surface area contributed by atoms with Gasteiger partial charge in [-0.3, -0.25) is 0 Å². The van der Waals surface area contributed by atoms with Gasteiger partial charge >= 0.3 is 0 Å². The summed E-state index contributed by atoms with van der Waals surface area (Å²) in [4.78, 5) is 0. The smallest absolute Gasteiger partial charge is 0.00201 e. The average molecular weight is 607 g/mol. The summed E-state index contributed by atoms with van der Waals surface area (Å²) in [6.45, 7) is 0. The van der Waals surface area contributed by atoms with Crippen molar-refractivity contribution in [2.24, 2.45) is 0 Å². The standard InChI is InChI=1S/C48H30/c1-2-14-34-30-35(27-24-31(34)12-1)47-41-19-7-9-21-43(41)48(44-22-10-8-20-42(44)47)45-29-28-39(37-17-5-6-18-38(37)45)40-23-11-15-33-26-25-32-13-3-4-16-36(32)46(33)40/h1-30H. The molecule has 10 aromatic carbocycles. The van der Waals surface area contributed by atoms with Crippen molar-refractivity contribution in [3.05, 3.63) is 182 Å². The van der Waals surface area contributed by atoms with Crippen LogP contribution in [0.2, 0.25) is 0 Å². The number of benzene rings is 10. The lowest BCUT2D eigenvalue weighted by atomic mass is 9.83. The van der Waals surface area contributed by atoms with E-state index in [9.17, 15) is 0 Å². The molecule has 0 aliphatic rings. The van der Waals surface area contributed by atoms with Crippen LogP contribution in [0.3, 0.4) is 0 Å². The maximum atomic E-state index is 2.37. The Hall–Kier alpha value is -6.24. The Morgan fingerprint density at radius 2 is 0.708 bits per heavy atom. The normalized spacial score (nSPS) is 11.8. The summed E-state index contributed by atoms with van der Waals surface area (Å²) < 4.78 is 0. The highest BCUT2D eigenvalue weighted by Gasteiger charge is 2.19. The molecule has 0 amide bonds. The van der Waals surface area contributed by atoms with Gasteiger partial charge in [0.15, 0.2) is 0 Å². The van der Waals surface area contributed by atoms with Crippen LogP contribution in [0.25, 0.3) is 98.0 Å². The highest BCUT2D eigenvalue weighted by molar-refractivity contribution is 6.25. The Morgan fingerprint density at radius 3 is 1.42 bits per heavy atom.